The molecule has 4 aromatic rings. The minimum atomic E-state index is -0.853. The van der Waals surface area contributed by atoms with Gasteiger partial charge in [-0.3, -0.25) is 4.79 Å². The van der Waals surface area contributed by atoms with Gasteiger partial charge in [-0.2, -0.15) is 0 Å². The maximum absolute atomic E-state index is 13.6. The van der Waals surface area contributed by atoms with Crippen molar-refractivity contribution in [3.05, 3.63) is 84.1 Å². The Morgan fingerprint density at radius 2 is 1.79 bits per heavy atom. The summed E-state index contributed by atoms with van der Waals surface area (Å²) in [6.07, 6.45) is 0.854. The van der Waals surface area contributed by atoms with E-state index in [0.29, 0.717) is 41.0 Å². The van der Waals surface area contributed by atoms with Crippen molar-refractivity contribution in [1.29, 1.82) is 0 Å². The van der Waals surface area contributed by atoms with E-state index in [4.69, 9.17) is 14.5 Å². The number of halogens is 1. The average molecular weight is 517 g/mol. The third-order valence-corrected chi connectivity index (χ3v) is 6.31. The van der Waals surface area contributed by atoms with Gasteiger partial charge in [-0.05, 0) is 42.8 Å². The van der Waals surface area contributed by atoms with E-state index in [9.17, 15) is 9.18 Å². The van der Waals surface area contributed by atoms with E-state index in [1.165, 1.54) is 12.1 Å². The van der Waals surface area contributed by atoms with Crippen LogP contribution in [0.2, 0.25) is 0 Å². The van der Waals surface area contributed by atoms with Crippen molar-refractivity contribution in [2.24, 2.45) is 5.41 Å². The molecule has 0 saturated carbocycles. The molecule has 2 aromatic carbocycles. The molecule has 38 heavy (non-hydrogen) atoms. The van der Waals surface area contributed by atoms with Crippen LogP contribution in [0.25, 0.3) is 22.6 Å². The summed E-state index contributed by atoms with van der Waals surface area (Å²) in [5.74, 6) is 0.470. The molecule has 0 radical (unpaired) electrons. The number of carbonyl (C=O) groups excluding carboxylic acids is 1. The van der Waals surface area contributed by atoms with Crippen LogP contribution in [-0.2, 0) is 20.8 Å². The first kappa shape index (κ1) is 25.5. The third kappa shape index (κ3) is 5.41. The van der Waals surface area contributed by atoms with Crippen LogP contribution in [0.4, 0.5) is 10.3 Å². The van der Waals surface area contributed by atoms with Crippen LogP contribution < -0.4 is 10.2 Å². The van der Waals surface area contributed by atoms with Crippen molar-refractivity contribution >= 4 is 11.9 Å². The molecule has 1 amide bonds. The van der Waals surface area contributed by atoms with Crippen LogP contribution in [0.3, 0.4) is 0 Å². The molecule has 1 fully saturated rings. The monoisotopic (exact) mass is 516 g/mol. The molecule has 0 aliphatic carbocycles. The van der Waals surface area contributed by atoms with Gasteiger partial charge in [-0.1, -0.05) is 30.3 Å². The van der Waals surface area contributed by atoms with Gasteiger partial charge in [0.15, 0.2) is 5.82 Å². The number of aromatic amines is 1. The summed E-state index contributed by atoms with van der Waals surface area (Å²) in [7, 11) is 3.71. The van der Waals surface area contributed by atoms with Gasteiger partial charge in [0, 0.05) is 32.4 Å². The van der Waals surface area contributed by atoms with E-state index in [2.05, 4.69) is 20.3 Å². The highest BCUT2D eigenvalue weighted by atomic mass is 19.1. The standard InChI is InChI=1S/C28H29FN6O3/c1-28(26(36)31-15-18-7-5-4-6-8-18)16-37-25(38-17-28)24-33-22(19-9-11-20(29)12-10-19)23(34-24)21-13-14-30-27(32-21)35(2)3/h4-14,25H,15-17H2,1-3H3,(H,31,36)(H,33,34). The van der Waals surface area contributed by atoms with Crippen molar-refractivity contribution in [2.45, 2.75) is 19.8 Å². The molecule has 0 unspecified atom stereocenters. The number of anilines is 1. The van der Waals surface area contributed by atoms with E-state index in [1.807, 2.05) is 51.4 Å². The Labute approximate surface area is 220 Å². The number of aromatic nitrogens is 4. The van der Waals surface area contributed by atoms with Crippen molar-refractivity contribution in [2.75, 3.05) is 32.2 Å². The number of hydrogen-bond donors (Lipinski definition) is 2. The van der Waals surface area contributed by atoms with E-state index in [-0.39, 0.29) is 24.9 Å². The summed E-state index contributed by atoms with van der Waals surface area (Å²) >= 11 is 0. The molecule has 1 aliphatic rings. The number of rotatable bonds is 7. The quantitative estimate of drug-likeness (QED) is 0.381. The first-order chi connectivity index (χ1) is 18.3. The van der Waals surface area contributed by atoms with Crippen LogP contribution in [0.15, 0.2) is 66.9 Å². The van der Waals surface area contributed by atoms with Gasteiger partial charge in [-0.15, -0.1) is 0 Å². The third-order valence-electron chi connectivity index (χ3n) is 6.31. The molecule has 0 atom stereocenters. The number of nitrogens with one attached hydrogen (secondary N) is 2. The minimum absolute atomic E-state index is 0.149. The SMILES string of the molecule is CN(C)c1nccc(-c2[nH]c(C3OCC(C)(C(=O)NCc4ccccc4)CO3)nc2-c2ccc(F)cc2)n1. The lowest BCUT2D eigenvalue weighted by Gasteiger charge is -2.35. The maximum atomic E-state index is 13.6. The van der Waals surface area contributed by atoms with Gasteiger partial charge in [0.25, 0.3) is 0 Å². The molecular weight excluding hydrogens is 487 g/mol. The molecule has 9 nitrogen and oxygen atoms in total. The zero-order chi connectivity index (χ0) is 26.7. The highest BCUT2D eigenvalue weighted by Crippen LogP contribution is 2.35. The summed E-state index contributed by atoms with van der Waals surface area (Å²) in [5, 5.41) is 2.97. The summed E-state index contributed by atoms with van der Waals surface area (Å²) < 4.78 is 25.6. The Kier molecular flexibility index (Phi) is 7.17. The Balaban J connectivity index is 1.36. The number of hydrogen-bond acceptors (Lipinski definition) is 7. The van der Waals surface area contributed by atoms with E-state index >= 15 is 0 Å². The number of imidazole rings is 1. The molecule has 0 spiro atoms. The number of carbonyl (C=O) groups is 1. The molecule has 196 valence electrons. The minimum Gasteiger partial charge on any atom is -0.351 e. The fourth-order valence-corrected chi connectivity index (χ4v) is 4.10. The molecule has 3 heterocycles. The Morgan fingerprint density at radius 1 is 1.08 bits per heavy atom. The van der Waals surface area contributed by atoms with Crippen LogP contribution in [0, 0.1) is 11.2 Å². The lowest BCUT2D eigenvalue weighted by molar-refractivity contribution is -0.231. The highest BCUT2D eigenvalue weighted by Gasteiger charge is 2.40. The normalized spacial score (nSPS) is 19.2. The number of ether oxygens (including phenoxy) is 2. The van der Waals surface area contributed by atoms with Gasteiger partial charge in [0.1, 0.15) is 5.82 Å². The smallest absolute Gasteiger partial charge is 0.230 e. The summed E-state index contributed by atoms with van der Waals surface area (Å²) in [6, 6.07) is 17.6. The predicted octanol–water partition coefficient (Wildman–Crippen LogP) is 4.11. The predicted molar refractivity (Wildman–Crippen MR) is 140 cm³/mol. The molecule has 0 bridgehead atoms. The van der Waals surface area contributed by atoms with Crippen LogP contribution >= 0.6 is 0 Å². The topological polar surface area (TPSA) is 105 Å². The largest absolute Gasteiger partial charge is 0.351 e. The van der Waals surface area contributed by atoms with Crippen molar-refractivity contribution in [1.82, 2.24) is 25.3 Å². The second-order valence-corrected chi connectivity index (χ2v) is 9.67. The average Bonchev–Trinajstić information content (AvgIpc) is 3.38. The van der Waals surface area contributed by atoms with Gasteiger partial charge in [0.05, 0.1) is 35.7 Å². The Bertz CT molecular complexity index is 1400. The number of nitrogens with zero attached hydrogens (tertiary/aromatic N) is 4. The number of amides is 1. The molecule has 1 aliphatic heterocycles. The van der Waals surface area contributed by atoms with Gasteiger partial charge >= 0.3 is 0 Å². The molecular formula is C28H29FN6O3. The maximum Gasteiger partial charge on any atom is 0.230 e. The van der Waals surface area contributed by atoms with Crippen molar-refractivity contribution in [3.8, 4) is 22.6 Å². The van der Waals surface area contributed by atoms with Crippen LogP contribution in [0.5, 0.6) is 0 Å². The lowest BCUT2D eigenvalue weighted by atomic mass is 9.91. The van der Waals surface area contributed by atoms with Gasteiger partial charge < -0.3 is 24.7 Å². The van der Waals surface area contributed by atoms with Crippen LogP contribution in [0.1, 0.15) is 24.6 Å². The highest BCUT2D eigenvalue weighted by molar-refractivity contribution is 5.82. The zero-order valence-electron chi connectivity index (χ0n) is 21.4. The second kappa shape index (κ2) is 10.7. The molecule has 2 aromatic heterocycles. The Morgan fingerprint density at radius 3 is 2.47 bits per heavy atom. The fourth-order valence-electron chi connectivity index (χ4n) is 4.10. The molecule has 1 saturated heterocycles. The molecule has 2 N–H and O–H groups in total. The van der Waals surface area contributed by atoms with E-state index in [1.54, 1.807) is 29.3 Å². The van der Waals surface area contributed by atoms with Gasteiger partial charge in [-0.25, -0.2) is 19.3 Å². The second-order valence-electron chi connectivity index (χ2n) is 9.67. The summed E-state index contributed by atoms with van der Waals surface area (Å²) in [6.45, 7) is 2.54. The van der Waals surface area contributed by atoms with E-state index in [0.717, 1.165) is 5.56 Å². The van der Waals surface area contributed by atoms with Crippen molar-refractivity contribution < 1.29 is 18.7 Å². The van der Waals surface area contributed by atoms with E-state index < -0.39 is 11.7 Å². The summed E-state index contributed by atoms with van der Waals surface area (Å²) in [4.78, 5) is 31.7. The number of H-pyrrole nitrogens is 1. The van der Waals surface area contributed by atoms with Crippen LogP contribution in [-0.4, -0.2) is 53.2 Å². The Hall–Kier alpha value is -4.15. The lowest BCUT2D eigenvalue weighted by Crippen LogP contribution is -2.48. The van der Waals surface area contributed by atoms with Gasteiger partial charge in [0.2, 0.25) is 18.1 Å². The first-order valence-electron chi connectivity index (χ1n) is 12.2. The molecule has 5 rings (SSSR count). The first-order valence-corrected chi connectivity index (χ1v) is 12.2. The number of benzene rings is 2. The fraction of sp³-hybridized carbons (Fsp3) is 0.286. The molecule has 10 heteroatoms. The summed E-state index contributed by atoms with van der Waals surface area (Å²) in [5.41, 5.74) is 2.67. The zero-order valence-corrected chi connectivity index (χ0v) is 21.4. The van der Waals surface area contributed by atoms with Crippen molar-refractivity contribution in [3.63, 3.8) is 0 Å².